The lowest BCUT2D eigenvalue weighted by Gasteiger charge is -2.33. The van der Waals surface area contributed by atoms with Crippen molar-refractivity contribution in [1.29, 1.82) is 0 Å². The Morgan fingerprint density at radius 2 is 1.31 bits per heavy atom. The zero-order chi connectivity index (χ0) is 18.5. The Labute approximate surface area is 162 Å². The molecule has 146 valence electrons. The Balaban J connectivity index is 1.75. The zero-order valence-electron chi connectivity index (χ0n) is 17.2. The summed E-state index contributed by atoms with van der Waals surface area (Å²) in [5.41, 5.74) is 1.41. The SMILES string of the molecule is CCCCCCCCCCC1N(CCCC)C=CN1Cc1ccccc1. The second kappa shape index (κ2) is 12.8. The topological polar surface area (TPSA) is 6.48 Å². The van der Waals surface area contributed by atoms with Crippen LogP contribution in [-0.4, -0.2) is 22.5 Å². The Kier molecular flexibility index (Phi) is 10.3. The Morgan fingerprint density at radius 3 is 2.00 bits per heavy atom. The van der Waals surface area contributed by atoms with Crippen LogP contribution in [0.15, 0.2) is 42.7 Å². The van der Waals surface area contributed by atoms with E-state index in [0.29, 0.717) is 6.17 Å². The molecule has 0 aromatic heterocycles. The lowest BCUT2D eigenvalue weighted by Crippen LogP contribution is -2.38. The van der Waals surface area contributed by atoms with E-state index in [4.69, 9.17) is 0 Å². The maximum absolute atomic E-state index is 2.58. The first-order chi connectivity index (χ1) is 12.8. The Hall–Kier alpha value is -1.44. The van der Waals surface area contributed by atoms with Crippen molar-refractivity contribution in [3.8, 4) is 0 Å². The summed E-state index contributed by atoms with van der Waals surface area (Å²) < 4.78 is 0. The minimum Gasteiger partial charge on any atom is -0.356 e. The lowest BCUT2D eigenvalue weighted by atomic mass is 10.1. The average molecular weight is 357 g/mol. The summed E-state index contributed by atoms with van der Waals surface area (Å²) in [7, 11) is 0. The monoisotopic (exact) mass is 356 g/mol. The summed E-state index contributed by atoms with van der Waals surface area (Å²) >= 11 is 0. The lowest BCUT2D eigenvalue weighted by molar-refractivity contribution is 0.132. The second-order valence-electron chi connectivity index (χ2n) is 7.79. The summed E-state index contributed by atoms with van der Waals surface area (Å²) in [6, 6.07) is 10.9. The summed E-state index contributed by atoms with van der Waals surface area (Å²) in [5.74, 6) is 0. The normalized spacial score (nSPS) is 16.6. The van der Waals surface area contributed by atoms with Crippen molar-refractivity contribution in [1.82, 2.24) is 9.80 Å². The van der Waals surface area contributed by atoms with Gasteiger partial charge in [-0.2, -0.15) is 0 Å². The van der Waals surface area contributed by atoms with Gasteiger partial charge in [0.25, 0.3) is 0 Å². The van der Waals surface area contributed by atoms with E-state index >= 15 is 0 Å². The minimum atomic E-state index is 0.557. The van der Waals surface area contributed by atoms with Gasteiger partial charge in [-0.15, -0.1) is 0 Å². The first-order valence-electron chi connectivity index (χ1n) is 11.1. The maximum atomic E-state index is 2.58. The van der Waals surface area contributed by atoms with Crippen molar-refractivity contribution >= 4 is 0 Å². The van der Waals surface area contributed by atoms with Gasteiger partial charge in [0.2, 0.25) is 0 Å². The molecule has 0 saturated heterocycles. The third kappa shape index (κ3) is 7.43. The molecule has 1 aliphatic heterocycles. The molecule has 0 radical (unpaired) electrons. The molecule has 26 heavy (non-hydrogen) atoms. The van der Waals surface area contributed by atoms with Gasteiger partial charge < -0.3 is 9.80 Å². The molecule has 0 amide bonds. The third-order valence-electron chi connectivity index (χ3n) is 5.51. The van der Waals surface area contributed by atoms with Gasteiger partial charge in [0.05, 0.1) is 0 Å². The van der Waals surface area contributed by atoms with Crippen molar-refractivity contribution < 1.29 is 0 Å². The highest BCUT2D eigenvalue weighted by Crippen LogP contribution is 2.24. The third-order valence-corrected chi connectivity index (χ3v) is 5.51. The van der Waals surface area contributed by atoms with Crippen LogP contribution in [0.3, 0.4) is 0 Å². The van der Waals surface area contributed by atoms with E-state index in [1.54, 1.807) is 0 Å². The van der Waals surface area contributed by atoms with Gasteiger partial charge in [0.15, 0.2) is 0 Å². The fraction of sp³-hybridized carbons (Fsp3) is 0.667. The second-order valence-corrected chi connectivity index (χ2v) is 7.79. The molecule has 0 fully saturated rings. The van der Waals surface area contributed by atoms with Gasteiger partial charge in [-0.3, -0.25) is 0 Å². The van der Waals surface area contributed by atoms with Crippen molar-refractivity contribution in [2.45, 2.75) is 97.2 Å². The van der Waals surface area contributed by atoms with E-state index in [0.717, 1.165) is 6.54 Å². The van der Waals surface area contributed by atoms with Crippen LogP contribution < -0.4 is 0 Å². The number of hydrogen-bond donors (Lipinski definition) is 0. The first-order valence-corrected chi connectivity index (χ1v) is 11.1. The first kappa shape index (κ1) is 20.9. The molecular formula is C24H40N2. The van der Waals surface area contributed by atoms with Gasteiger partial charge >= 0.3 is 0 Å². The molecule has 1 aliphatic rings. The summed E-state index contributed by atoms with van der Waals surface area (Å²) in [6.45, 7) is 6.80. The highest BCUT2D eigenvalue weighted by molar-refractivity contribution is 5.15. The minimum absolute atomic E-state index is 0.557. The van der Waals surface area contributed by atoms with Crippen LogP contribution in [0.25, 0.3) is 0 Å². The molecule has 0 aliphatic carbocycles. The average Bonchev–Trinajstić information content (AvgIpc) is 3.04. The van der Waals surface area contributed by atoms with Crippen LogP contribution in [0, 0.1) is 0 Å². The van der Waals surface area contributed by atoms with Gasteiger partial charge in [-0.1, -0.05) is 95.5 Å². The zero-order valence-corrected chi connectivity index (χ0v) is 17.2. The number of hydrogen-bond acceptors (Lipinski definition) is 2. The highest BCUT2D eigenvalue weighted by atomic mass is 15.4. The van der Waals surface area contributed by atoms with Crippen LogP contribution in [0.4, 0.5) is 0 Å². The van der Waals surface area contributed by atoms with Crippen molar-refractivity contribution in [2.75, 3.05) is 6.54 Å². The van der Waals surface area contributed by atoms with E-state index < -0.39 is 0 Å². The summed E-state index contributed by atoms with van der Waals surface area (Å²) in [6.07, 6.45) is 20.3. The molecule has 0 spiro atoms. The van der Waals surface area contributed by atoms with Crippen LogP contribution in [-0.2, 0) is 6.54 Å². The molecule has 2 nitrogen and oxygen atoms in total. The molecule has 1 atom stereocenters. The molecule has 1 aromatic rings. The predicted molar refractivity (Wildman–Crippen MR) is 114 cm³/mol. The molecule has 1 heterocycles. The van der Waals surface area contributed by atoms with Crippen molar-refractivity contribution in [3.05, 3.63) is 48.3 Å². The van der Waals surface area contributed by atoms with E-state index in [-0.39, 0.29) is 0 Å². The van der Waals surface area contributed by atoms with Crippen LogP contribution in [0.1, 0.15) is 90.0 Å². The van der Waals surface area contributed by atoms with E-state index in [9.17, 15) is 0 Å². The standard InChI is InChI=1S/C24H40N2/c1-3-5-7-8-9-10-11-15-18-24-25(19-6-4-2)20-21-26(24)22-23-16-13-12-14-17-23/h12-14,16-17,20-21,24H,3-11,15,18-19,22H2,1-2H3. The Bertz CT molecular complexity index is 482. The van der Waals surface area contributed by atoms with E-state index in [2.05, 4.69) is 66.4 Å². The predicted octanol–water partition coefficient (Wildman–Crippen LogP) is 6.93. The largest absolute Gasteiger partial charge is 0.356 e. The molecule has 0 N–H and O–H groups in total. The van der Waals surface area contributed by atoms with Crippen molar-refractivity contribution in [2.24, 2.45) is 0 Å². The van der Waals surface area contributed by atoms with Crippen LogP contribution in [0.2, 0.25) is 0 Å². The van der Waals surface area contributed by atoms with Crippen LogP contribution in [0.5, 0.6) is 0 Å². The smallest absolute Gasteiger partial charge is 0.101 e. The van der Waals surface area contributed by atoms with Gasteiger partial charge in [-0.25, -0.2) is 0 Å². The molecule has 1 aromatic carbocycles. The fourth-order valence-electron chi connectivity index (χ4n) is 3.87. The van der Waals surface area contributed by atoms with Crippen LogP contribution >= 0.6 is 0 Å². The van der Waals surface area contributed by atoms with E-state index in [1.807, 2.05) is 0 Å². The van der Waals surface area contributed by atoms with Gasteiger partial charge in [0.1, 0.15) is 6.17 Å². The fourth-order valence-corrected chi connectivity index (χ4v) is 3.87. The number of unbranched alkanes of at least 4 members (excludes halogenated alkanes) is 8. The molecule has 1 unspecified atom stereocenters. The number of nitrogens with zero attached hydrogens (tertiary/aromatic N) is 2. The number of benzene rings is 1. The Morgan fingerprint density at radius 1 is 0.692 bits per heavy atom. The molecule has 0 bridgehead atoms. The highest BCUT2D eigenvalue weighted by Gasteiger charge is 2.25. The molecule has 0 saturated carbocycles. The number of rotatable bonds is 14. The van der Waals surface area contributed by atoms with Gasteiger partial charge in [0, 0.05) is 25.5 Å². The summed E-state index contributed by atoms with van der Waals surface area (Å²) in [4.78, 5) is 5.12. The van der Waals surface area contributed by atoms with Crippen molar-refractivity contribution in [3.63, 3.8) is 0 Å². The quantitative estimate of drug-likeness (QED) is 0.333. The van der Waals surface area contributed by atoms with Gasteiger partial charge in [-0.05, 0) is 24.8 Å². The molecule has 2 heteroatoms. The summed E-state index contributed by atoms with van der Waals surface area (Å²) in [5, 5.41) is 0. The maximum Gasteiger partial charge on any atom is 0.101 e. The molecule has 2 rings (SSSR count). The van der Waals surface area contributed by atoms with E-state index in [1.165, 1.54) is 82.7 Å². The molecular weight excluding hydrogens is 316 g/mol.